The summed E-state index contributed by atoms with van der Waals surface area (Å²) in [7, 11) is 0. The molecule has 88 valence electrons. The molecule has 1 aromatic rings. The summed E-state index contributed by atoms with van der Waals surface area (Å²) in [6.45, 7) is 3.96. The van der Waals surface area contributed by atoms with Gasteiger partial charge >= 0.3 is 0 Å². The summed E-state index contributed by atoms with van der Waals surface area (Å²) < 4.78 is 0. The van der Waals surface area contributed by atoms with E-state index in [4.69, 9.17) is 5.26 Å². The van der Waals surface area contributed by atoms with Crippen molar-refractivity contribution < 1.29 is 0 Å². The zero-order chi connectivity index (χ0) is 9.80. The zero-order valence-electron chi connectivity index (χ0n) is 8.72. The fourth-order valence-corrected chi connectivity index (χ4v) is 1.58. The number of piperazine rings is 1. The first-order chi connectivity index (χ1) is 6.90. The summed E-state index contributed by atoms with van der Waals surface area (Å²) in [6.07, 6.45) is 3.40. The second-order valence-electron chi connectivity index (χ2n) is 3.28. The van der Waals surface area contributed by atoms with Crippen LogP contribution in [-0.2, 0) is 0 Å². The van der Waals surface area contributed by atoms with Crippen molar-refractivity contribution in [1.82, 2.24) is 10.3 Å². The van der Waals surface area contributed by atoms with Gasteiger partial charge in [-0.25, -0.2) is 0 Å². The lowest BCUT2D eigenvalue weighted by molar-refractivity contribution is 0.588. The molecular formula is C10H14Cl2N4. The summed E-state index contributed by atoms with van der Waals surface area (Å²) in [5.41, 5.74) is 1.67. The maximum Gasteiger partial charge on any atom is 0.101 e. The fraction of sp³-hybridized carbons (Fsp3) is 0.400. The van der Waals surface area contributed by atoms with Gasteiger partial charge in [-0.3, -0.25) is 4.98 Å². The van der Waals surface area contributed by atoms with E-state index >= 15 is 0 Å². The molecule has 0 saturated carbocycles. The molecule has 1 fully saturated rings. The second kappa shape index (κ2) is 7.29. The van der Waals surface area contributed by atoms with Gasteiger partial charge in [-0.2, -0.15) is 5.26 Å². The number of pyridine rings is 1. The molecule has 1 aliphatic heterocycles. The van der Waals surface area contributed by atoms with Crippen LogP contribution >= 0.6 is 24.8 Å². The molecule has 0 amide bonds. The Morgan fingerprint density at radius 3 is 2.56 bits per heavy atom. The molecule has 6 heteroatoms. The summed E-state index contributed by atoms with van der Waals surface area (Å²) in [6, 6.07) is 3.99. The van der Waals surface area contributed by atoms with Gasteiger partial charge in [-0.05, 0) is 6.07 Å². The van der Waals surface area contributed by atoms with Gasteiger partial charge in [0.1, 0.15) is 6.07 Å². The van der Waals surface area contributed by atoms with E-state index in [-0.39, 0.29) is 24.8 Å². The van der Waals surface area contributed by atoms with Crippen molar-refractivity contribution in [3.8, 4) is 6.07 Å². The predicted octanol–water partition coefficient (Wildman–Crippen LogP) is 1.21. The Bertz CT molecular complexity index is 358. The first-order valence-electron chi connectivity index (χ1n) is 4.71. The topological polar surface area (TPSA) is 52.0 Å². The lowest BCUT2D eigenvalue weighted by Crippen LogP contribution is -2.43. The highest BCUT2D eigenvalue weighted by Gasteiger charge is 2.10. The average Bonchev–Trinajstić information content (AvgIpc) is 2.30. The quantitative estimate of drug-likeness (QED) is 0.825. The van der Waals surface area contributed by atoms with Crippen molar-refractivity contribution in [2.45, 2.75) is 0 Å². The Hall–Kier alpha value is -1.02. The predicted molar refractivity (Wildman–Crippen MR) is 68.5 cm³/mol. The lowest BCUT2D eigenvalue weighted by atomic mass is 10.2. The molecule has 0 unspecified atom stereocenters. The average molecular weight is 261 g/mol. The molecule has 2 rings (SSSR count). The highest BCUT2D eigenvalue weighted by atomic mass is 35.5. The highest BCUT2D eigenvalue weighted by molar-refractivity contribution is 5.85. The van der Waals surface area contributed by atoms with Crippen LogP contribution in [0.2, 0.25) is 0 Å². The van der Waals surface area contributed by atoms with Gasteiger partial charge in [0.2, 0.25) is 0 Å². The molecule has 0 bridgehead atoms. The van der Waals surface area contributed by atoms with Gasteiger partial charge < -0.3 is 10.2 Å². The van der Waals surface area contributed by atoms with Gasteiger partial charge in [0.15, 0.2) is 0 Å². The number of aromatic nitrogens is 1. The van der Waals surface area contributed by atoms with Gasteiger partial charge in [-0.1, -0.05) is 0 Å². The van der Waals surface area contributed by atoms with Crippen LogP contribution in [0.3, 0.4) is 0 Å². The first kappa shape index (κ1) is 15.0. The third kappa shape index (κ3) is 3.53. The molecule has 0 radical (unpaired) electrons. The zero-order valence-corrected chi connectivity index (χ0v) is 10.4. The maximum absolute atomic E-state index is 8.74. The van der Waals surface area contributed by atoms with Gasteiger partial charge in [0.25, 0.3) is 0 Å². The van der Waals surface area contributed by atoms with E-state index in [1.807, 2.05) is 12.3 Å². The third-order valence-corrected chi connectivity index (χ3v) is 2.34. The van der Waals surface area contributed by atoms with E-state index in [1.54, 1.807) is 6.20 Å². The van der Waals surface area contributed by atoms with E-state index in [0.29, 0.717) is 5.56 Å². The van der Waals surface area contributed by atoms with Gasteiger partial charge in [0.05, 0.1) is 17.4 Å². The number of anilines is 1. The third-order valence-electron chi connectivity index (χ3n) is 2.34. The first-order valence-corrected chi connectivity index (χ1v) is 4.71. The van der Waals surface area contributed by atoms with Crippen molar-refractivity contribution >= 4 is 30.5 Å². The van der Waals surface area contributed by atoms with Crippen LogP contribution in [0.15, 0.2) is 18.5 Å². The molecule has 2 heterocycles. The second-order valence-corrected chi connectivity index (χ2v) is 3.28. The minimum Gasteiger partial charge on any atom is -0.368 e. The fourth-order valence-electron chi connectivity index (χ4n) is 1.58. The molecule has 0 aliphatic carbocycles. The van der Waals surface area contributed by atoms with Crippen molar-refractivity contribution in [3.05, 3.63) is 24.0 Å². The molecule has 1 saturated heterocycles. The number of nitrogens with one attached hydrogen (secondary N) is 1. The molecular weight excluding hydrogens is 247 g/mol. The van der Waals surface area contributed by atoms with Crippen LogP contribution < -0.4 is 10.2 Å². The summed E-state index contributed by atoms with van der Waals surface area (Å²) in [5.74, 6) is 0. The molecule has 4 nitrogen and oxygen atoms in total. The summed E-state index contributed by atoms with van der Waals surface area (Å²) in [5, 5.41) is 12.0. The van der Waals surface area contributed by atoms with E-state index in [2.05, 4.69) is 21.3 Å². The van der Waals surface area contributed by atoms with Crippen molar-refractivity contribution in [2.24, 2.45) is 0 Å². The molecule has 0 atom stereocenters. The number of rotatable bonds is 1. The Labute approximate surface area is 107 Å². The van der Waals surface area contributed by atoms with Crippen LogP contribution in [-0.4, -0.2) is 31.2 Å². The van der Waals surface area contributed by atoms with Crippen molar-refractivity contribution in [2.75, 3.05) is 31.1 Å². The van der Waals surface area contributed by atoms with E-state index in [9.17, 15) is 0 Å². The summed E-state index contributed by atoms with van der Waals surface area (Å²) >= 11 is 0. The summed E-state index contributed by atoms with van der Waals surface area (Å²) in [4.78, 5) is 6.29. The highest BCUT2D eigenvalue weighted by Crippen LogP contribution is 2.14. The number of nitriles is 1. The van der Waals surface area contributed by atoms with Crippen LogP contribution in [0.1, 0.15) is 5.56 Å². The Morgan fingerprint density at radius 2 is 1.94 bits per heavy atom. The van der Waals surface area contributed by atoms with Crippen LogP contribution in [0.25, 0.3) is 0 Å². The lowest BCUT2D eigenvalue weighted by Gasteiger charge is -2.29. The SMILES string of the molecule is Cl.Cl.N#Cc1cncc(N2CCNCC2)c1. The van der Waals surface area contributed by atoms with Crippen LogP contribution in [0.5, 0.6) is 0 Å². The molecule has 1 aliphatic rings. The standard InChI is InChI=1S/C10H12N4.2ClH/c11-6-9-5-10(8-13-7-9)14-3-1-12-2-4-14;;/h5,7-8,12H,1-4H2;2*1H. The Kier molecular flexibility index (Phi) is 6.82. The van der Waals surface area contributed by atoms with Crippen LogP contribution in [0, 0.1) is 11.3 Å². The molecule has 1 N–H and O–H groups in total. The molecule has 0 spiro atoms. The van der Waals surface area contributed by atoms with E-state index < -0.39 is 0 Å². The van der Waals surface area contributed by atoms with Gasteiger partial charge in [-0.15, -0.1) is 24.8 Å². The van der Waals surface area contributed by atoms with Crippen molar-refractivity contribution in [1.29, 1.82) is 5.26 Å². The largest absolute Gasteiger partial charge is 0.368 e. The molecule has 1 aromatic heterocycles. The monoisotopic (exact) mass is 260 g/mol. The molecule has 16 heavy (non-hydrogen) atoms. The number of nitrogens with zero attached hydrogens (tertiary/aromatic N) is 3. The Morgan fingerprint density at radius 1 is 1.25 bits per heavy atom. The van der Waals surface area contributed by atoms with E-state index in [0.717, 1.165) is 31.9 Å². The maximum atomic E-state index is 8.74. The van der Waals surface area contributed by atoms with Crippen LogP contribution in [0.4, 0.5) is 5.69 Å². The smallest absolute Gasteiger partial charge is 0.101 e. The number of halogens is 2. The minimum atomic E-state index is 0. The minimum absolute atomic E-state index is 0. The normalized spacial score (nSPS) is 14.3. The number of hydrogen-bond donors (Lipinski definition) is 1. The Balaban J connectivity index is 0.00000112. The number of hydrogen-bond acceptors (Lipinski definition) is 4. The van der Waals surface area contributed by atoms with Crippen molar-refractivity contribution in [3.63, 3.8) is 0 Å². The van der Waals surface area contributed by atoms with E-state index in [1.165, 1.54) is 0 Å². The van der Waals surface area contributed by atoms with Gasteiger partial charge in [0, 0.05) is 32.4 Å². The molecule has 0 aromatic carbocycles.